The van der Waals surface area contributed by atoms with Crippen LogP contribution in [0.2, 0.25) is 0 Å². The van der Waals surface area contributed by atoms with E-state index < -0.39 is 0 Å². The molecule has 1 N–H and O–H groups in total. The van der Waals surface area contributed by atoms with Crippen LogP contribution in [-0.2, 0) is 16.0 Å². The summed E-state index contributed by atoms with van der Waals surface area (Å²) in [6.45, 7) is 1.61. The molecule has 18 heavy (non-hydrogen) atoms. The first-order valence-corrected chi connectivity index (χ1v) is 8.02. The molecule has 1 aromatic rings. The summed E-state index contributed by atoms with van der Waals surface area (Å²) in [6, 6.07) is 2.07. The highest BCUT2D eigenvalue weighted by atomic mass is 79.9. The topological polar surface area (TPSA) is 38.3 Å². The van der Waals surface area contributed by atoms with E-state index in [2.05, 4.69) is 27.3 Å². The lowest BCUT2D eigenvalue weighted by Crippen LogP contribution is -2.27. The van der Waals surface area contributed by atoms with Crippen molar-refractivity contribution in [2.75, 3.05) is 13.2 Å². The van der Waals surface area contributed by atoms with Crippen LogP contribution < -0.4 is 5.32 Å². The highest BCUT2D eigenvalue weighted by Crippen LogP contribution is 2.20. The van der Waals surface area contributed by atoms with Gasteiger partial charge in [-0.05, 0) is 47.7 Å². The molecule has 2 heterocycles. The molecule has 1 aliphatic heterocycles. The van der Waals surface area contributed by atoms with E-state index in [0.717, 1.165) is 43.3 Å². The predicted octanol–water partition coefficient (Wildman–Crippen LogP) is 3.13. The molecule has 2 rings (SSSR count). The molecule has 0 radical (unpaired) electrons. The minimum atomic E-state index is 0.137. The van der Waals surface area contributed by atoms with E-state index in [-0.39, 0.29) is 5.91 Å². The van der Waals surface area contributed by atoms with Crippen LogP contribution in [-0.4, -0.2) is 25.2 Å². The first kappa shape index (κ1) is 14.0. The van der Waals surface area contributed by atoms with Gasteiger partial charge in [0.25, 0.3) is 0 Å². The molecule has 0 bridgehead atoms. The Morgan fingerprint density at radius 1 is 1.61 bits per heavy atom. The third kappa shape index (κ3) is 4.71. The molecule has 1 fully saturated rings. The maximum absolute atomic E-state index is 11.6. The van der Waals surface area contributed by atoms with E-state index in [9.17, 15) is 4.79 Å². The average molecular weight is 332 g/mol. The summed E-state index contributed by atoms with van der Waals surface area (Å²) < 4.78 is 6.61. The van der Waals surface area contributed by atoms with Gasteiger partial charge in [0, 0.05) is 34.3 Å². The van der Waals surface area contributed by atoms with Gasteiger partial charge in [-0.25, -0.2) is 0 Å². The normalized spacial score (nSPS) is 19.1. The standard InChI is InChI=1S/C13H18BrNO2S/c14-10-8-12(18-9-10)3-4-13(16)15-6-5-11-2-1-7-17-11/h8-9,11H,1-7H2,(H,15,16). The minimum absolute atomic E-state index is 0.137. The maximum Gasteiger partial charge on any atom is 0.220 e. The lowest BCUT2D eigenvalue weighted by Gasteiger charge is -2.09. The number of ether oxygens (including phenoxy) is 1. The van der Waals surface area contributed by atoms with E-state index in [4.69, 9.17) is 4.74 Å². The number of halogens is 1. The van der Waals surface area contributed by atoms with Crippen molar-refractivity contribution in [2.45, 2.75) is 38.2 Å². The van der Waals surface area contributed by atoms with Crippen molar-refractivity contribution in [3.63, 3.8) is 0 Å². The molecular weight excluding hydrogens is 314 g/mol. The highest BCUT2D eigenvalue weighted by molar-refractivity contribution is 9.10. The van der Waals surface area contributed by atoms with Gasteiger partial charge in [-0.1, -0.05) is 0 Å². The van der Waals surface area contributed by atoms with Gasteiger partial charge < -0.3 is 10.1 Å². The van der Waals surface area contributed by atoms with Gasteiger partial charge in [-0.2, -0.15) is 0 Å². The minimum Gasteiger partial charge on any atom is -0.378 e. The highest BCUT2D eigenvalue weighted by Gasteiger charge is 2.15. The van der Waals surface area contributed by atoms with Gasteiger partial charge in [0.2, 0.25) is 5.91 Å². The zero-order valence-corrected chi connectivity index (χ0v) is 12.7. The molecule has 1 aliphatic rings. The average Bonchev–Trinajstić information content (AvgIpc) is 2.98. The molecule has 1 saturated heterocycles. The maximum atomic E-state index is 11.6. The van der Waals surface area contributed by atoms with Crippen molar-refractivity contribution >= 4 is 33.2 Å². The number of aryl methyl sites for hydroxylation is 1. The molecule has 1 atom stereocenters. The summed E-state index contributed by atoms with van der Waals surface area (Å²) >= 11 is 5.10. The van der Waals surface area contributed by atoms with Crippen LogP contribution in [0.15, 0.2) is 15.9 Å². The number of carbonyl (C=O) groups excluding carboxylic acids is 1. The van der Waals surface area contributed by atoms with Gasteiger partial charge in [-0.15, -0.1) is 11.3 Å². The van der Waals surface area contributed by atoms with Crippen molar-refractivity contribution in [1.82, 2.24) is 5.32 Å². The van der Waals surface area contributed by atoms with Crippen molar-refractivity contribution in [1.29, 1.82) is 0 Å². The van der Waals surface area contributed by atoms with Crippen molar-refractivity contribution in [3.8, 4) is 0 Å². The van der Waals surface area contributed by atoms with Crippen molar-refractivity contribution < 1.29 is 9.53 Å². The molecule has 1 aromatic heterocycles. The second-order valence-corrected chi connectivity index (χ2v) is 6.42. The molecule has 0 spiro atoms. The van der Waals surface area contributed by atoms with E-state index in [1.807, 2.05) is 5.38 Å². The number of amides is 1. The number of thiophene rings is 1. The van der Waals surface area contributed by atoms with Crippen LogP contribution in [0.1, 0.15) is 30.6 Å². The zero-order chi connectivity index (χ0) is 12.8. The van der Waals surface area contributed by atoms with E-state index in [1.54, 1.807) is 11.3 Å². The Hall–Kier alpha value is -0.390. The molecule has 1 amide bonds. The SMILES string of the molecule is O=C(CCc1cc(Br)cs1)NCCC1CCCO1. The van der Waals surface area contributed by atoms with Gasteiger partial charge in [0.15, 0.2) is 0 Å². The van der Waals surface area contributed by atoms with E-state index >= 15 is 0 Å². The van der Waals surface area contributed by atoms with Crippen LogP contribution in [0, 0.1) is 0 Å². The van der Waals surface area contributed by atoms with Gasteiger partial charge >= 0.3 is 0 Å². The lowest BCUT2D eigenvalue weighted by atomic mass is 10.2. The Bertz CT molecular complexity index is 388. The van der Waals surface area contributed by atoms with Gasteiger partial charge in [0.05, 0.1) is 6.10 Å². The summed E-state index contributed by atoms with van der Waals surface area (Å²) in [5.41, 5.74) is 0. The first-order chi connectivity index (χ1) is 8.74. The summed E-state index contributed by atoms with van der Waals surface area (Å²) in [5, 5.41) is 5.01. The van der Waals surface area contributed by atoms with E-state index in [1.165, 1.54) is 4.88 Å². The summed E-state index contributed by atoms with van der Waals surface area (Å²) in [6.07, 6.45) is 4.99. The molecule has 100 valence electrons. The number of rotatable bonds is 6. The summed E-state index contributed by atoms with van der Waals surface area (Å²) in [7, 11) is 0. The number of hydrogen-bond acceptors (Lipinski definition) is 3. The Kier molecular flexibility index (Phi) is 5.66. The second kappa shape index (κ2) is 7.26. The van der Waals surface area contributed by atoms with Gasteiger partial charge in [0.1, 0.15) is 0 Å². The quantitative estimate of drug-likeness (QED) is 0.869. The molecule has 5 heteroatoms. The van der Waals surface area contributed by atoms with Crippen LogP contribution >= 0.6 is 27.3 Å². The van der Waals surface area contributed by atoms with Crippen molar-refractivity contribution in [2.24, 2.45) is 0 Å². The van der Waals surface area contributed by atoms with Crippen LogP contribution in [0.3, 0.4) is 0 Å². The number of nitrogens with one attached hydrogen (secondary N) is 1. The molecule has 3 nitrogen and oxygen atoms in total. The third-order valence-corrected chi connectivity index (χ3v) is 4.79. The number of carbonyl (C=O) groups is 1. The monoisotopic (exact) mass is 331 g/mol. The van der Waals surface area contributed by atoms with Crippen LogP contribution in [0.4, 0.5) is 0 Å². The van der Waals surface area contributed by atoms with Crippen molar-refractivity contribution in [3.05, 3.63) is 20.8 Å². The molecule has 1 unspecified atom stereocenters. The Labute approximate surface area is 120 Å². The third-order valence-electron chi connectivity index (χ3n) is 3.03. The van der Waals surface area contributed by atoms with Crippen LogP contribution in [0.5, 0.6) is 0 Å². The molecular formula is C13H18BrNO2S. The molecule has 0 aromatic carbocycles. The second-order valence-electron chi connectivity index (χ2n) is 4.50. The molecule has 0 saturated carbocycles. The van der Waals surface area contributed by atoms with Gasteiger partial charge in [-0.3, -0.25) is 4.79 Å². The fourth-order valence-electron chi connectivity index (χ4n) is 2.05. The fourth-order valence-corrected chi connectivity index (χ4v) is 3.51. The Balaban J connectivity index is 1.57. The lowest BCUT2D eigenvalue weighted by molar-refractivity contribution is -0.121. The van der Waals surface area contributed by atoms with E-state index in [0.29, 0.717) is 12.5 Å². The predicted molar refractivity (Wildman–Crippen MR) is 76.9 cm³/mol. The smallest absolute Gasteiger partial charge is 0.220 e. The van der Waals surface area contributed by atoms with Crippen LogP contribution in [0.25, 0.3) is 0 Å². The molecule has 0 aliphatic carbocycles. The summed E-state index contributed by atoms with van der Waals surface area (Å²) in [4.78, 5) is 12.9. The fraction of sp³-hybridized carbons (Fsp3) is 0.615. The zero-order valence-electron chi connectivity index (χ0n) is 10.3. The largest absolute Gasteiger partial charge is 0.378 e. The Morgan fingerprint density at radius 2 is 2.50 bits per heavy atom. The number of hydrogen-bond donors (Lipinski definition) is 1. The first-order valence-electron chi connectivity index (χ1n) is 6.35. The Morgan fingerprint density at radius 3 is 3.17 bits per heavy atom. The summed E-state index contributed by atoms with van der Waals surface area (Å²) in [5.74, 6) is 0.137.